The van der Waals surface area contributed by atoms with E-state index in [4.69, 9.17) is 0 Å². The summed E-state index contributed by atoms with van der Waals surface area (Å²) in [6.45, 7) is 4.21. The van der Waals surface area contributed by atoms with Crippen LogP contribution >= 0.6 is 0 Å². The van der Waals surface area contributed by atoms with Crippen molar-refractivity contribution in [3.8, 4) is 0 Å². The van der Waals surface area contributed by atoms with Crippen LogP contribution in [0.2, 0.25) is 0 Å². The lowest BCUT2D eigenvalue weighted by Gasteiger charge is -2.07. The van der Waals surface area contributed by atoms with E-state index in [2.05, 4.69) is 12.2 Å². The van der Waals surface area contributed by atoms with Crippen molar-refractivity contribution in [3.63, 3.8) is 0 Å². The molecule has 0 aromatic carbocycles. The highest BCUT2D eigenvalue weighted by Crippen LogP contribution is 2.01. The second-order valence-corrected chi connectivity index (χ2v) is 2.68. The lowest BCUT2D eigenvalue weighted by molar-refractivity contribution is -0.110. The Morgan fingerprint density at radius 1 is 1.50 bits per heavy atom. The fourth-order valence-corrected chi connectivity index (χ4v) is 0.900. The molecule has 0 saturated carbocycles. The standard InChI is InChI=1S/C8H17NO/c1-3-4-5-6-8(2)9-7-10/h7-8H,3-6H2,1-2H3,(H,9,10)/t8-/m1/s1. The summed E-state index contributed by atoms with van der Waals surface area (Å²) in [5.74, 6) is 0. The van der Waals surface area contributed by atoms with Gasteiger partial charge in [-0.1, -0.05) is 26.2 Å². The number of carbonyl (C=O) groups excluding carboxylic acids is 1. The first-order valence-electron chi connectivity index (χ1n) is 4.01. The first-order valence-corrected chi connectivity index (χ1v) is 4.01. The quantitative estimate of drug-likeness (QED) is 0.445. The van der Waals surface area contributed by atoms with Crippen molar-refractivity contribution in [3.05, 3.63) is 0 Å². The highest BCUT2D eigenvalue weighted by Gasteiger charge is 1.96. The number of amides is 1. The van der Waals surface area contributed by atoms with Crippen molar-refractivity contribution >= 4 is 6.41 Å². The molecule has 10 heavy (non-hydrogen) atoms. The van der Waals surface area contributed by atoms with Crippen molar-refractivity contribution in [2.75, 3.05) is 0 Å². The molecule has 2 heteroatoms. The second-order valence-electron chi connectivity index (χ2n) is 2.68. The number of unbranched alkanes of at least 4 members (excludes halogenated alkanes) is 2. The first-order chi connectivity index (χ1) is 4.81. The van der Waals surface area contributed by atoms with Gasteiger partial charge in [-0.25, -0.2) is 0 Å². The van der Waals surface area contributed by atoms with Gasteiger partial charge in [-0.15, -0.1) is 0 Å². The van der Waals surface area contributed by atoms with Crippen LogP contribution in [0, 0.1) is 0 Å². The molecule has 0 aliphatic carbocycles. The number of hydrogen-bond acceptors (Lipinski definition) is 1. The number of nitrogens with one attached hydrogen (secondary N) is 1. The Hall–Kier alpha value is -0.530. The van der Waals surface area contributed by atoms with Gasteiger partial charge in [-0.05, 0) is 13.3 Å². The summed E-state index contributed by atoms with van der Waals surface area (Å²) in [6, 6.07) is 0.351. The Kier molecular flexibility index (Phi) is 6.24. The first kappa shape index (κ1) is 9.47. The molecule has 2 nitrogen and oxygen atoms in total. The fourth-order valence-electron chi connectivity index (χ4n) is 0.900. The van der Waals surface area contributed by atoms with E-state index in [1.165, 1.54) is 19.3 Å². The lowest BCUT2D eigenvalue weighted by atomic mass is 10.1. The molecule has 0 rings (SSSR count). The minimum atomic E-state index is 0.351. The van der Waals surface area contributed by atoms with Gasteiger partial charge >= 0.3 is 0 Å². The van der Waals surface area contributed by atoms with Crippen LogP contribution in [-0.2, 0) is 4.79 Å². The molecule has 0 aliphatic rings. The van der Waals surface area contributed by atoms with E-state index >= 15 is 0 Å². The van der Waals surface area contributed by atoms with Gasteiger partial charge in [0.15, 0.2) is 0 Å². The minimum Gasteiger partial charge on any atom is -0.356 e. The van der Waals surface area contributed by atoms with Crippen molar-refractivity contribution in [1.29, 1.82) is 0 Å². The Balaban J connectivity index is 3.04. The van der Waals surface area contributed by atoms with Gasteiger partial charge in [-0.2, -0.15) is 0 Å². The van der Waals surface area contributed by atoms with Crippen molar-refractivity contribution in [1.82, 2.24) is 5.32 Å². The van der Waals surface area contributed by atoms with Gasteiger partial charge in [0.2, 0.25) is 6.41 Å². The third kappa shape index (κ3) is 5.60. The summed E-state index contributed by atoms with van der Waals surface area (Å²) < 4.78 is 0. The van der Waals surface area contributed by atoms with E-state index < -0.39 is 0 Å². The number of hydrogen-bond donors (Lipinski definition) is 1. The molecule has 0 bridgehead atoms. The van der Waals surface area contributed by atoms with Crippen LogP contribution in [0.25, 0.3) is 0 Å². The van der Waals surface area contributed by atoms with E-state index in [1.54, 1.807) is 0 Å². The molecule has 1 amide bonds. The van der Waals surface area contributed by atoms with Crippen LogP contribution in [0.5, 0.6) is 0 Å². The van der Waals surface area contributed by atoms with Gasteiger partial charge in [0, 0.05) is 6.04 Å². The molecule has 0 aromatic rings. The molecule has 1 atom stereocenters. The number of carbonyl (C=O) groups is 1. The Bertz CT molecular complexity index is 83.3. The summed E-state index contributed by atoms with van der Waals surface area (Å²) in [5.41, 5.74) is 0. The molecule has 0 spiro atoms. The summed E-state index contributed by atoms with van der Waals surface area (Å²) >= 11 is 0. The molecule has 0 radical (unpaired) electrons. The van der Waals surface area contributed by atoms with Crippen LogP contribution in [0.3, 0.4) is 0 Å². The van der Waals surface area contributed by atoms with E-state index in [-0.39, 0.29) is 0 Å². The molecular formula is C8H17NO. The average Bonchev–Trinajstić information content (AvgIpc) is 1.89. The molecule has 0 saturated heterocycles. The predicted molar refractivity (Wildman–Crippen MR) is 42.8 cm³/mol. The van der Waals surface area contributed by atoms with Crippen molar-refractivity contribution in [2.45, 2.75) is 45.6 Å². The maximum atomic E-state index is 9.94. The SMILES string of the molecule is CCCCC[C@@H](C)NC=O. The zero-order chi connectivity index (χ0) is 7.82. The van der Waals surface area contributed by atoms with Crippen LogP contribution in [-0.4, -0.2) is 12.5 Å². The summed E-state index contributed by atoms with van der Waals surface area (Å²) in [6.07, 6.45) is 5.61. The normalized spacial score (nSPS) is 12.6. The van der Waals surface area contributed by atoms with Gasteiger partial charge < -0.3 is 5.32 Å². The zero-order valence-electron chi connectivity index (χ0n) is 6.89. The maximum absolute atomic E-state index is 9.94. The van der Waals surface area contributed by atoms with E-state index in [0.717, 1.165) is 12.8 Å². The van der Waals surface area contributed by atoms with Gasteiger partial charge in [0.05, 0.1) is 0 Å². The minimum absolute atomic E-state index is 0.351. The molecule has 0 heterocycles. The van der Waals surface area contributed by atoms with E-state index in [9.17, 15) is 4.79 Å². The van der Waals surface area contributed by atoms with Crippen LogP contribution in [0.4, 0.5) is 0 Å². The van der Waals surface area contributed by atoms with Crippen LogP contribution in [0.1, 0.15) is 39.5 Å². The van der Waals surface area contributed by atoms with Crippen LogP contribution in [0.15, 0.2) is 0 Å². The van der Waals surface area contributed by atoms with Gasteiger partial charge in [0.25, 0.3) is 0 Å². The Morgan fingerprint density at radius 2 is 2.20 bits per heavy atom. The molecular weight excluding hydrogens is 126 g/mol. The van der Waals surface area contributed by atoms with Crippen LogP contribution < -0.4 is 5.32 Å². The third-order valence-electron chi connectivity index (χ3n) is 1.59. The maximum Gasteiger partial charge on any atom is 0.207 e. The molecule has 0 fully saturated rings. The van der Waals surface area contributed by atoms with E-state index in [0.29, 0.717) is 6.04 Å². The van der Waals surface area contributed by atoms with Gasteiger partial charge in [0.1, 0.15) is 0 Å². The fraction of sp³-hybridized carbons (Fsp3) is 0.875. The molecule has 0 unspecified atom stereocenters. The summed E-state index contributed by atoms with van der Waals surface area (Å²) in [4.78, 5) is 9.94. The molecule has 60 valence electrons. The van der Waals surface area contributed by atoms with Crippen molar-refractivity contribution in [2.24, 2.45) is 0 Å². The lowest BCUT2D eigenvalue weighted by Crippen LogP contribution is -2.23. The number of rotatable bonds is 6. The Morgan fingerprint density at radius 3 is 2.70 bits per heavy atom. The van der Waals surface area contributed by atoms with Gasteiger partial charge in [-0.3, -0.25) is 4.79 Å². The highest BCUT2D eigenvalue weighted by atomic mass is 16.1. The second kappa shape index (κ2) is 6.59. The predicted octanol–water partition coefficient (Wildman–Crippen LogP) is 1.70. The third-order valence-corrected chi connectivity index (χ3v) is 1.59. The topological polar surface area (TPSA) is 29.1 Å². The Labute approximate surface area is 63.0 Å². The summed E-state index contributed by atoms with van der Waals surface area (Å²) in [5, 5.41) is 2.72. The molecule has 0 aromatic heterocycles. The smallest absolute Gasteiger partial charge is 0.207 e. The molecule has 1 N–H and O–H groups in total. The van der Waals surface area contributed by atoms with Crippen molar-refractivity contribution < 1.29 is 4.79 Å². The largest absolute Gasteiger partial charge is 0.356 e. The van der Waals surface area contributed by atoms with E-state index in [1.807, 2.05) is 6.92 Å². The summed E-state index contributed by atoms with van der Waals surface area (Å²) in [7, 11) is 0. The zero-order valence-corrected chi connectivity index (χ0v) is 6.89. The monoisotopic (exact) mass is 143 g/mol. The molecule has 0 aliphatic heterocycles. The average molecular weight is 143 g/mol. The highest BCUT2D eigenvalue weighted by molar-refractivity contribution is 5.46.